The molecule has 6 nitrogen and oxygen atoms in total. The van der Waals surface area contributed by atoms with Gasteiger partial charge in [0.2, 0.25) is 5.91 Å². The van der Waals surface area contributed by atoms with Crippen LogP contribution >= 0.6 is 0 Å². The van der Waals surface area contributed by atoms with Crippen LogP contribution in [-0.4, -0.2) is 40.6 Å². The Bertz CT molecular complexity index is 951. The molecule has 1 saturated heterocycles. The van der Waals surface area contributed by atoms with Crippen LogP contribution in [0, 0.1) is 17.8 Å². The highest BCUT2D eigenvalue weighted by atomic mass is 16.6. The maximum atomic E-state index is 12.9. The fourth-order valence-electron chi connectivity index (χ4n) is 4.27. The van der Waals surface area contributed by atoms with Gasteiger partial charge in [-0.25, -0.2) is 4.79 Å². The average molecular weight is 396 g/mol. The number of benzene rings is 1. The minimum Gasteiger partial charge on any atom is -0.444 e. The van der Waals surface area contributed by atoms with Gasteiger partial charge in [-0.15, -0.1) is 0 Å². The third-order valence-corrected chi connectivity index (χ3v) is 5.86. The number of aromatic nitrogens is 1. The first-order valence-electron chi connectivity index (χ1n) is 10.2. The zero-order valence-electron chi connectivity index (χ0n) is 17.7. The van der Waals surface area contributed by atoms with Crippen LogP contribution in [-0.2, 0) is 15.1 Å². The molecule has 0 spiro atoms. The molecule has 4 rings (SSSR count). The molecule has 1 aliphatic carbocycles. The molecule has 2 fully saturated rings. The third kappa shape index (κ3) is 3.93. The summed E-state index contributed by atoms with van der Waals surface area (Å²) in [4.78, 5) is 31.4. The molecule has 2 heterocycles. The Kier molecular flexibility index (Phi) is 4.56. The van der Waals surface area contributed by atoms with E-state index < -0.39 is 11.1 Å². The molecule has 29 heavy (non-hydrogen) atoms. The SMILES string of the molecule is CC(C)(C)OC(=O)N1C[C@@H]2[C@H](C1)[C@H]2C(=O)NC(C)(C)c1cc2ccccc2cn1. The van der Waals surface area contributed by atoms with E-state index in [1.165, 1.54) is 0 Å². The van der Waals surface area contributed by atoms with Crippen LogP contribution < -0.4 is 5.32 Å². The molecule has 6 heteroatoms. The van der Waals surface area contributed by atoms with Crippen molar-refractivity contribution in [2.24, 2.45) is 17.8 Å². The predicted octanol–water partition coefficient (Wildman–Crippen LogP) is 3.70. The largest absolute Gasteiger partial charge is 0.444 e. The van der Waals surface area contributed by atoms with Crippen molar-refractivity contribution in [3.05, 3.63) is 42.2 Å². The standard InChI is InChI=1S/C23H29N3O3/c1-22(2,3)29-21(28)26-12-16-17(13-26)19(16)20(27)25-23(4,5)18-10-14-8-6-7-9-15(14)11-24-18/h6-11,16-17,19H,12-13H2,1-5H3,(H,25,27)/t16-,17+,19+. The van der Waals surface area contributed by atoms with Crippen LogP contribution in [0.3, 0.4) is 0 Å². The smallest absolute Gasteiger partial charge is 0.410 e. The van der Waals surface area contributed by atoms with Gasteiger partial charge in [-0.2, -0.15) is 0 Å². The second-order valence-electron chi connectivity index (χ2n) is 9.77. The minimum absolute atomic E-state index is 0.0339. The molecule has 0 radical (unpaired) electrons. The Morgan fingerprint density at radius 3 is 2.31 bits per heavy atom. The van der Waals surface area contributed by atoms with Gasteiger partial charge in [0, 0.05) is 30.6 Å². The highest BCUT2D eigenvalue weighted by Crippen LogP contribution is 2.52. The monoisotopic (exact) mass is 395 g/mol. The molecule has 1 N–H and O–H groups in total. The molecule has 1 aliphatic heterocycles. The zero-order valence-corrected chi connectivity index (χ0v) is 17.7. The van der Waals surface area contributed by atoms with Gasteiger partial charge in [0.1, 0.15) is 5.60 Å². The van der Waals surface area contributed by atoms with Gasteiger partial charge in [0.25, 0.3) is 0 Å². The molecule has 0 bridgehead atoms. The van der Waals surface area contributed by atoms with E-state index in [2.05, 4.69) is 16.4 Å². The molecule has 1 aromatic heterocycles. The second kappa shape index (κ2) is 6.71. The van der Waals surface area contributed by atoms with E-state index in [9.17, 15) is 9.59 Å². The molecule has 2 aromatic rings. The molecular formula is C23H29N3O3. The second-order valence-corrected chi connectivity index (χ2v) is 9.77. The van der Waals surface area contributed by atoms with Crippen LogP contribution in [0.1, 0.15) is 40.3 Å². The van der Waals surface area contributed by atoms with Crippen molar-refractivity contribution in [3.63, 3.8) is 0 Å². The number of piperidine rings is 1. The fourth-order valence-corrected chi connectivity index (χ4v) is 4.27. The molecular weight excluding hydrogens is 366 g/mol. The molecule has 2 amide bonds. The summed E-state index contributed by atoms with van der Waals surface area (Å²) in [6.45, 7) is 10.7. The lowest BCUT2D eigenvalue weighted by molar-refractivity contribution is -0.125. The van der Waals surface area contributed by atoms with Crippen molar-refractivity contribution in [1.29, 1.82) is 0 Å². The maximum Gasteiger partial charge on any atom is 0.410 e. The topological polar surface area (TPSA) is 71.5 Å². The highest BCUT2D eigenvalue weighted by molar-refractivity contribution is 5.85. The summed E-state index contributed by atoms with van der Waals surface area (Å²) in [6, 6.07) is 10.1. The minimum atomic E-state index is -0.567. The summed E-state index contributed by atoms with van der Waals surface area (Å²) in [5.74, 6) is 0.461. The number of hydrogen-bond acceptors (Lipinski definition) is 4. The summed E-state index contributed by atoms with van der Waals surface area (Å²) in [5, 5.41) is 5.36. The number of carbonyl (C=O) groups is 2. The van der Waals surface area contributed by atoms with Crippen LogP contribution in [0.4, 0.5) is 4.79 Å². The van der Waals surface area contributed by atoms with E-state index in [4.69, 9.17) is 4.74 Å². The number of rotatable bonds is 3. The number of fused-ring (bicyclic) bond motifs is 2. The van der Waals surface area contributed by atoms with E-state index in [-0.39, 0.29) is 29.8 Å². The summed E-state index contributed by atoms with van der Waals surface area (Å²) < 4.78 is 5.44. The van der Waals surface area contributed by atoms with E-state index in [1.807, 2.05) is 65.1 Å². The van der Waals surface area contributed by atoms with Crippen molar-refractivity contribution in [2.45, 2.75) is 45.8 Å². The molecule has 1 aromatic carbocycles. The van der Waals surface area contributed by atoms with Gasteiger partial charge in [-0.05, 0) is 57.9 Å². The molecule has 2 aliphatic rings. The van der Waals surface area contributed by atoms with Crippen molar-refractivity contribution in [1.82, 2.24) is 15.2 Å². The van der Waals surface area contributed by atoms with E-state index in [0.717, 1.165) is 16.5 Å². The van der Waals surface area contributed by atoms with E-state index >= 15 is 0 Å². The lowest BCUT2D eigenvalue weighted by atomic mass is 9.97. The lowest BCUT2D eigenvalue weighted by Gasteiger charge is -2.28. The molecule has 0 unspecified atom stereocenters. The quantitative estimate of drug-likeness (QED) is 0.860. The van der Waals surface area contributed by atoms with Crippen LogP contribution in [0.15, 0.2) is 36.5 Å². The maximum absolute atomic E-state index is 12.9. The number of nitrogens with one attached hydrogen (secondary N) is 1. The number of hydrogen-bond donors (Lipinski definition) is 1. The normalized spacial score (nSPS) is 23.6. The van der Waals surface area contributed by atoms with Crippen molar-refractivity contribution >= 4 is 22.8 Å². The van der Waals surface area contributed by atoms with E-state index in [1.54, 1.807) is 4.90 Å². The predicted molar refractivity (Wildman–Crippen MR) is 111 cm³/mol. The Morgan fingerprint density at radius 2 is 1.69 bits per heavy atom. The Hall–Kier alpha value is -2.63. The highest BCUT2D eigenvalue weighted by Gasteiger charge is 2.61. The zero-order chi connectivity index (χ0) is 21.0. The first-order chi connectivity index (χ1) is 13.5. The summed E-state index contributed by atoms with van der Waals surface area (Å²) in [7, 11) is 0. The number of nitrogens with zero attached hydrogens (tertiary/aromatic N) is 2. The van der Waals surface area contributed by atoms with Gasteiger partial charge in [0.15, 0.2) is 0 Å². The first kappa shape index (κ1) is 19.7. The van der Waals surface area contributed by atoms with Crippen molar-refractivity contribution in [3.8, 4) is 0 Å². The van der Waals surface area contributed by atoms with Gasteiger partial charge >= 0.3 is 6.09 Å². The number of carbonyl (C=O) groups excluding carboxylic acids is 2. The average Bonchev–Trinajstić information content (AvgIpc) is 3.14. The fraction of sp³-hybridized carbons (Fsp3) is 0.522. The summed E-state index contributed by atoms with van der Waals surface area (Å²) in [5.41, 5.74) is -0.230. The van der Waals surface area contributed by atoms with Gasteiger partial charge in [-0.1, -0.05) is 24.3 Å². The molecule has 3 atom stereocenters. The third-order valence-electron chi connectivity index (χ3n) is 5.86. The number of ether oxygens (including phenoxy) is 1. The Labute approximate surface area is 171 Å². The molecule has 154 valence electrons. The Morgan fingerprint density at radius 1 is 1.07 bits per heavy atom. The van der Waals surface area contributed by atoms with Crippen molar-refractivity contribution in [2.75, 3.05) is 13.1 Å². The Balaban J connectivity index is 1.37. The first-order valence-corrected chi connectivity index (χ1v) is 10.2. The van der Waals surface area contributed by atoms with Crippen LogP contribution in [0.25, 0.3) is 10.8 Å². The number of pyridine rings is 1. The summed E-state index contributed by atoms with van der Waals surface area (Å²) >= 11 is 0. The number of likely N-dealkylation sites (tertiary alicyclic amines) is 1. The van der Waals surface area contributed by atoms with Crippen LogP contribution in [0.5, 0.6) is 0 Å². The van der Waals surface area contributed by atoms with Gasteiger partial charge in [-0.3, -0.25) is 9.78 Å². The summed E-state index contributed by atoms with van der Waals surface area (Å²) in [6.07, 6.45) is 1.56. The van der Waals surface area contributed by atoms with E-state index in [0.29, 0.717) is 13.1 Å². The molecule has 1 saturated carbocycles. The van der Waals surface area contributed by atoms with Crippen LogP contribution in [0.2, 0.25) is 0 Å². The van der Waals surface area contributed by atoms with Crippen molar-refractivity contribution < 1.29 is 14.3 Å². The van der Waals surface area contributed by atoms with Gasteiger partial charge in [0.05, 0.1) is 11.2 Å². The van der Waals surface area contributed by atoms with Gasteiger partial charge < -0.3 is 15.0 Å². The lowest BCUT2D eigenvalue weighted by Crippen LogP contribution is -2.44. The number of amides is 2.